The highest BCUT2D eigenvalue weighted by Crippen LogP contribution is 2.31. The van der Waals surface area contributed by atoms with Crippen LogP contribution in [0.15, 0.2) is 77.7 Å². The van der Waals surface area contributed by atoms with Crippen LogP contribution in [-0.4, -0.2) is 50.9 Å². The van der Waals surface area contributed by atoms with Gasteiger partial charge in [-0.25, -0.2) is 8.42 Å². The van der Waals surface area contributed by atoms with E-state index in [4.69, 9.17) is 27.9 Å². The number of halogens is 2. The van der Waals surface area contributed by atoms with Gasteiger partial charge in [0, 0.05) is 12.6 Å². The number of amides is 2. The molecule has 1 N–H and O–H groups in total. The van der Waals surface area contributed by atoms with Crippen LogP contribution < -0.4 is 14.4 Å². The molecule has 0 heterocycles. The SMILES string of the molecule is CC[C@H](C)NC(=O)[C@H](CC)N(Cc1cccc(OC)c1)C(=O)CN(c1ccc(Cl)c(Cl)c1)S(=O)(=O)c1ccccc1. The Kier molecular flexibility index (Phi) is 11.5. The number of sulfonamides is 1. The van der Waals surface area contributed by atoms with E-state index in [9.17, 15) is 18.0 Å². The third-order valence-corrected chi connectivity index (χ3v) is 9.20. The van der Waals surface area contributed by atoms with Crippen molar-refractivity contribution in [1.29, 1.82) is 0 Å². The number of hydrogen-bond donors (Lipinski definition) is 1. The van der Waals surface area contributed by atoms with Crippen molar-refractivity contribution >= 4 is 50.7 Å². The standard InChI is InChI=1S/C30H35Cl2N3O5S/c1-5-21(3)33-30(37)28(6-2)34(19-22-11-10-12-24(17-22)40-4)29(36)20-35(23-15-16-26(31)27(32)18-23)41(38,39)25-13-8-7-9-14-25/h7-18,21,28H,5-6,19-20H2,1-4H3,(H,33,37)/t21-,28-/m0/s1. The lowest BCUT2D eigenvalue weighted by Crippen LogP contribution is -2.53. The number of benzene rings is 3. The molecule has 0 aromatic heterocycles. The maximum absolute atomic E-state index is 14.1. The first kappa shape index (κ1) is 32.2. The molecule has 0 spiro atoms. The predicted molar refractivity (Wildman–Crippen MR) is 163 cm³/mol. The zero-order valence-corrected chi connectivity index (χ0v) is 25.8. The van der Waals surface area contributed by atoms with Crippen molar-refractivity contribution in [3.8, 4) is 5.75 Å². The summed E-state index contributed by atoms with van der Waals surface area (Å²) in [5.74, 6) is -0.286. The van der Waals surface area contributed by atoms with E-state index in [0.29, 0.717) is 18.6 Å². The summed E-state index contributed by atoms with van der Waals surface area (Å²) in [5, 5.41) is 3.34. The lowest BCUT2D eigenvalue weighted by atomic mass is 10.1. The van der Waals surface area contributed by atoms with E-state index < -0.39 is 28.5 Å². The lowest BCUT2D eigenvalue weighted by Gasteiger charge is -2.33. The number of nitrogens with zero attached hydrogens (tertiary/aromatic N) is 2. The first-order chi connectivity index (χ1) is 19.5. The van der Waals surface area contributed by atoms with Crippen molar-refractivity contribution < 1.29 is 22.7 Å². The summed E-state index contributed by atoms with van der Waals surface area (Å²) in [4.78, 5) is 28.9. The molecule has 220 valence electrons. The van der Waals surface area contributed by atoms with Gasteiger partial charge in [0.1, 0.15) is 18.3 Å². The molecule has 0 saturated heterocycles. The molecule has 0 aliphatic rings. The minimum Gasteiger partial charge on any atom is -0.497 e. The number of ether oxygens (including phenoxy) is 1. The molecule has 0 unspecified atom stereocenters. The lowest BCUT2D eigenvalue weighted by molar-refractivity contribution is -0.140. The average molecular weight is 621 g/mol. The molecule has 3 aromatic carbocycles. The summed E-state index contributed by atoms with van der Waals surface area (Å²) in [6.45, 7) is 5.13. The van der Waals surface area contributed by atoms with Gasteiger partial charge in [0.15, 0.2) is 0 Å². The van der Waals surface area contributed by atoms with Crippen LogP contribution in [0.25, 0.3) is 0 Å². The fourth-order valence-corrected chi connectivity index (χ4v) is 5.94. The minimum atomic E-state index is -4.21. The number of rotatable bonds is 13. The van der Waals surface area contributed by atoms with Gasteiger partial charge >= 0.3 is 0 Å². The van der Waals surface area contributed by atoms with Crippen LogP contribution >= 0.6 is 23.2 Å². The van der Waals surface area contributed by atoms with Crippen LogP contribution in [-0.2, 0) is 26.2 Å². The fourth-order valence-electron chi connectivity index (χ4n) is 4.22. The predicted octanol–water partition coefficient (Wildman–Crippen LogP) is 5.92. The Morgan fingerprint density at radius 2 is 1.63 bits per heavy atom. The van der Waals surface area contributed by atoms with Crippen molar-refractivity contribution in [2.75, 3.05) is 18.0 Å². The van der Waals surface area contributed by atoms with Crippen LogP contribution in [0, 0.1) is 0 Å². The fraction of sp³-hybridized carbons (Fsp3) is 0.333. The highest BCUT2D eigenvalue weighted by molar-refractivity contribution is 7.92. The van der Waals surface area contributed by atoms with Crippen LogP contribution in [0.2, 0.25) is 10.0 Å². The van der Waals surface area contributed by atoms with Crippen molar-refractivity contribution in [1.82, 2.24) is 10.2 Å². The Hall–Kier alpha value is -3.27. The summed E-state index contributed by atoms with van der Waals surface area (Å²) < 4.78 is 34.1. The zero-order chi connectivity index (χ0) is 30.2. The topological polar surface area (TPSA) is 96.0 Å². The second-order valence-electron chi connectivity index (χ2n) is 9.54. The molecule has 0 aliphatic heterocycles. The molecule has 8 nitrogen and oxygen atoms in total. The summed E-state index contributed by atoms with van der Waals surface area (Å²) >= 11 is 12.4. The Morgan fingerprint density at radius 1 is 0.927 bits per heavy atom. The highest BCUT2D eigenvalue weighted by Gasteiger charge is 2.34. The van der Waals surface area contributed by atoms with Gasteiger partial charge in [-0.05, 0) is 67.8 Å². The number of methoxy groups -OCH3 is 1. The van der Waals surface area contributed by atoms with Crippen molar-refractivity contribution in [3.63, 3.8) is 0 Å². The molecule has 0 saturated carbocycles. The number of carbonyl (C=O) groups excluding carboxylic acids is 2. The molecule has 3 rings (SSSR count). The van der Waals surface area contributed by atoms with Gasteiger partial charge in [-0.2, -0.15) is 0 Å². The van der Waals surface area contributed by atoms with Gasteiger partial charge in [-0.15, -0.1) is 0 Å². The molecule has 11 heteroatoms. The first-order valence-corrected chi connectivity index (χ1v) is 15.5. The van der Waals surface area contributed by atoms with Gasteiger partial charge in [0.25, 0.3) is 10.0 Å². The molecular weight excluding hydrogens is 585 g/mol. The normalized spacial score (nSPS) is 12.7. The number of carbonyl (C=O) groups is 2. The number of anilines is 1. The Labute approximate surface area is 252 Å². The van der Waals surface area contributed by atoms with Crippen LogP contribution in [0.1, 0.15) is 39.2 Å². The van der Waals surface area contributed by atoms with E-state index >= 15 is 0 Å². The van der Waals surface area contributed by atoms with Gasteiger partial charge in [-0.1, -0.05) is 67.4 Å². The average Bonchev–Trinajstić information content (AvgIpc) is 2.97. The second-order valence-corrected chi connectivity index (χ2v) is 12.2. The molecule has 0 aliphatic carbocycles. The summed E-state index contributed by atoms with van der Waals surface area (Å²) in [5.41, 5.74) is 0.884. The second kappa shape index (κ2) is 14.6. The van der Waals surface area contributed by atoms with Gasteiger partial charge < -0.3 is 15.0 Å². The molecule has 0 radical (unpaired) electrons. The quantitative estimate of drug-likeness (QED) is 0.256. The smallest absolute Gasteiger partial charge is 0.264 e. The van der Waals surface area contributed by atoms with E-state index in [0.717, 1.165) is 9.87 Å². The number of nitrogens with one attached hydrogen (secondary N) is 1. The molecule has 0 bridgehead atoms. The van der Waals surface area contributed by atoms with Gasteiger partial charge in [0.2, 0.25) is 11.8 Å². The molecule has 2 atom stereocenters. The maximum Gasteiger partial charge on any atom is 0.264 e. The van der Waals surface area contributed by atoms with Crippen LogP contribution in [0.3, 0.4) is 0 Å². The van der Waals surface area contributed by atoms with Crippen LogP contribution in [0.4, 0.5) is 5.69 Å². The Balaban J connectivity index is 2.08. The van der Waals surface area contributed by atoms with E-state index in [2.05, 4.69) is 5.32 Å². The Morgan fingerprint density at radius 3 is 2.24 bits per heavy atom. The zero-order valence-electron chi connectivity index (χ0n) is 23.5. The highest BCUT2D eigenvalue weighted by atomic mass is 35.5. The molecule has 2 amide bonds. The van der Waals surface area contributed by atoms with E-state index in [-0.39, 0.29) is 39.1 Å². The minimum absolute atomic E-state index is 0.000210. The van der Waals surface area contributed by atoms with E-state index in [1.165, 1.54) is 35.2 Å². The monoisotopic (exact) mass is 619 g/mol. The van der Waals surface area contributed by atoms with Crippen molar-refractivity contribution in [2.45, 2.75) is 57.1 Å². The van der Waals surface area contributed by atoms with E-state index in [1.807, 2.05) is 26.8 Å². The third kappa shape index (κ3) is 8.15. The summed E-state index contributed by atoms with van der Waals surface area (Å²) in [6.07, 6.45) is 1.03. The summed E-state index contributed by atoms with van der Waals surface area (Å²) in [7, 11) is -2.67. The summed E-state index contributed by atoms with van der Waals surface area (Å²) in [6, 6.07) is 18.4. The number of hydrogen-bond acceptors (Lipinski definition) is 5. The van der Waals surface area contributed by atoms with Crippen molar-refractivity contribution in [3.05, 3.63) is 88.4 Å². The van der Waals surface area contributed by atoms with Gasteiger partial charge in [0.05, 0.1) is 27.7 Å². The van der Waals surface area contributed by atoms with Crippen molar-refractivity contribution in [2.24, 2.45) is 0 Å². The largest absolute Gasteiger partial charge is 0.497 e. The Bertz CT molecular complexity index is 1450. The maximum atomic E-state index is 14.1. The van der Waals surface area contributed by atoms with Gasteiger partial charge in [-0.3, -0.25) is 13.9 Å². The molecular formula is C30H35Cl2N3O5S. The first-order valence-electron chi connectivity index (χ1n) is 13.3. The molecule has 41 heavy (non-hydrogen) atoms. The molecule has 0 fully saturated rings. The molecule has 3 aromatic rings. The van der Waals surface area contributed by atoms with Crippen LogP contribution in [0.5, 0.6) is 5.75 Å². The third-order valence-electron chi connectivity index (χ3n) is 6.68. The van der Waals surface area contributed by atoms with E-state index in [1.54, 1.807) is 43.5 Å².